The molecule has 0 saturated carbocycles. The zero-order chi connectivity index (χ0) is 16.6. The summed E-state index contributed by atoms with van der Waals surface area (Å²) in [5.74, 6) is -0.315. The summed E-state index contributed by atoms with van der Waals surface area (Å²) >= 11 is 18.0. The number of carbonyl (C=O) groups excluding carboxylic acids is 2. The third-order valence-corrected chi connectivity index (χ3v) is 4.31. The molecule has 0 aromatic heterocycles. The quantitative estimate of drug-likeness (QED) is 0.746. The van der Waals surface area contributed by atoms with Crippen LogP contribution in [0, 0.1) is 0 Å². The molecule has 1 heterocycles. The summed E-state index contributed by atoms with van der Waals surface area (Å²) in [5.41, 5.74) is 0.947. The lowest BCUT2D eigenvalue weighted by Gasteiger charge is -2.34. The lowest BCUT2D eigenvalue weighted by molar-refractivity contribution is -0.118. The maximum absolute atomic E-state index is 12.8. The van der Waals surface area contributed by atoms with Crippen LogP contribution in [0.2, 0.25) is 15.1 Å². The first kappa shape index (κ1) is 16.1. The fourth-order valence-corrected chi connectivity index (χ4v) is 2.89. The van der Waals surface area contributed by atoms with Crippen molar-refractivity contribution in [3.63, 3.8) is 0 Å². The molecule has 118 valence electrons. The minimum Gasteiger partial charge on any atom is -0.293 e. The molecule has 0 bridgehead atoms. The van der Waals surface area contributed by atoms with Gasteiger partial charge in [0.15, 0.2) is 0 Å². The number of carbonyl (C=O) groups is 2. The highest BCUT2D eigenvalue weighted by molar-refractivity contribution is 6.37. The van der Waals surface area contributed by atoms with Crippen LogP contribution in [-0.4, -0.2) is 18.5 Å². The van der Waals surface area contributed by atoms with Crippen LogP contribution in [0.1, 0.15) is 6.42 Å². The number of urea groups is 1. The Morgan fingerprint density at radius 3 is 2.22 bits per heavy atom. The van der Waals surface area contributed by atoms with Crippen molar-refractivity contribution in [1.82, 2.24) is 0 Å². The lowest BCUT2D eigenvalue weighted by Crippen LogP contribution is -2.53. The van der Waals surface area contributed by atoms with Crippen LogP contribution < -0.4 is 9.80 Å². The van der Waals surface area contributed by atoms with E-state index in [0.29, 0.717) is 22.3 Å². The van der Waals surface area contributed by atoms with E-state index in [0.717, 1.165) is 4.90 Å². The highest BCUT2D eigenvalue weighted by atomic mass is 35.5. The van der Waals surface area contributed by atoms with Crippen LogP contribution in [0.25, 0.3) is 0 Å². The Morgan fingerprint density at radius 1 is 0.870 bits per heavy atom. The van der Waals surface area contributed by atoms with Crippen molar-refractivity contribution in [2.24, 2.45) is 0 Å². The molecule has 1 fully saturated rings. The highest BCUT2D eigenvalue weighted by Gasteiger charge is 2.35. The smallest absolute Gasteiger partial charge is 0.293 e. The molecule has 0 radical (unpaired) electrons. The van der Waals surface area contributed by atoms with Gasteiger partial charge < -0.3 is 0 Å². The van der Waals surface area contributed by atoms with E-state index in [1.807, 2.05) is 0 Å². The molecule has 1 aliphatic heterocycles. The maximum atomic E-state index is 12.8. The topological polar surface area (TPSA) is 40.6 Å². The van der Waals surface area contributed by atoms with Crippen LogP contribution >= 0.6 is 34.8 Å². The van der Waals surface area contributed by atoms with Crippen molar-refractivity contribution in [3.05, 3.63) is 57.5 Å². The molecule has 1 saturated heterocycles. The number of benzene rings is 2. The lowest BCUT2D eigenvalue weighted by atomic mass is 10.2. The number of anilines is 2. The van der Waals surface area contributed by atoms with Crippen molar-refractivity contribution < 1.29 is 9.59 Å². The van der Waals surface area contributed by atoms with E-state index in [2.05, 4.69) is 0 Å². The van der Waals surface area contributed by atoms with Gasteiger partial charge in [-0.25, -0.2) is 9.69 Å². The van der Waals surface area contributed by atoms with Gasteiger partial charge in [0, 0.05) is 28.7 Å². The Morgan fingerprint density at radius 2 is 1.52 bits per heavy atom. The maximum Gasteiger partial charge on any atom is 0.335 e. The van der Waals surface area contributed by atoms with E-state index in [1.54, 1.807) is 36.4 Å². The molecule has 4 nitrogen and oxygen atoms in total. The molecule has 2 aromatic rings. The number of rotatable bonds is 2. The van der Waals surface area contributed by atoms with Gasteiger partial charge in [-0.15, -0.1) is 0 Å². The Labute approximate surface area is 148 Å². The van der Waals surface area contributed by atoms with Crippen LogP contribution in [0.3, 0.4) is 0 Å². The van der Waals surface area contributed by atoms with E-state index >= 15 is 0 Å². The van der Waals surface area contributed by atoms with Crippen LogP contribution in [0.5, 0.6) is 0 Å². The van der Waals surface area contributed by atoms with Gasteiger partial charge >= 0.3 is 6.03 Å². The number of imide groups is 1. The monoisotopic (exact) mass is 368 g/mol. The Hall–Kier alpha value is -1.75. The van der Waals surface area contributed by atoms with Gasteiger partial charge in [0.1, 0.15) is 0 Å². The van der Waals surface area contributed by atoms with Gasteiger partial charge in [-0.05, 0) is 42.5 Å². The van der Waals surface area contributed by atoms with Gasteiger partial charge in [-0.1, -0.05) is 34.8 Å². The molecule has 0 aliphatic carbocycles. The minimum absolute atomic E-state index is 0.192. The second kappa shape index (κ2) is 6.40. The molecule has 23 heavy (non-hydrogen) atoms. The molecule has 1 aliphatic rings. The average Bonchev–Trinajstić information content (AvgIpc) is 2.52. The van der Waals surface area contributed by atoms with Crippen molar-refractivity contribution in [1.29, 1.82) is 0 Å². The second-order valence-electron chi connectivity index (χ2n) is 4.99. The van der Waals surface area contributed by atoms with Gasteiger partial charge in [0.05, 0.1) is 10.7 Å². The van der Waals surface area contributed by atoms with Gasteiger partial charge in [-0.3, -0.25) is 9.69 Å². The Kier molecular flexibility index (Phi) is 4.48. The second-order valence-corrected chi connectivity index (χ2v) is 6.27. The summed E-state index contributed by atoms with van der Waals surface area (Å²) in [6.45, 7) is 0.300. The first-order valence-electron chi connectivity index (χ1n) is 6.82. The van der Waals surface area contributed by atoms with E-state index in [1.165, 1.54) is 11.0 Å². The predicted octanol–water partition coefficient (Wildman–Crippen LogP) is 5.01. The first-order chi connectivity index (χ1) is 11.0. The van der Waals surface area contributed by atoms with E-state index in [4.69, 9.17) is 34.8 Å². The number of halogens is 3. The Balaban J connectivity index is 1.99. The number of hydrogen-bond acceptors (Lipinski definition) is 2. The van der Waals surface area contributed by atoms with E-state index in [9.17, 15) is 9.59 Å². The molecule has 0 N–H and O–H groups in total. The van der Waals surface area contributed by atoms with Crippen molar-refractivity contribution in [3.8, 4) is 0 Å². The fourth-order valence-electron chi connectivity index (χ4n) is 2.40. The van der Waals surface area contributed by atoms with Gasteiger partial charge in [0.2, 0.25) is 5.91 Å². The largest absolute Gasteiger partial charge is 0.335 e. The van der Waals surface area contributed by atoms with Crippen molar-refractivity contribution >= 4 is 58.1 Å². The molecule has 7 heteroatoms. The molecular weight excluding hydrogens is 359 g/mol. The fraction of sp³-hybridized carbons (Fsp3) is 0.125. The molecule has 3 amide bonds. The number of hydrogen-bond donors (Lipinski definition) is 0. The predicted molar refractivity (Wildman–Crippen MR) is 92.8 cm³/mol. The van der Waals surface area contributed by atoms with Crippen LogP contribution in [0.4, 0.5) is 16.2 Å². The number of amides is 3. The molecule has 0 atom stereocenters. The van der Waals surface area contributed by atoms with Gasteiger partial charge in [0.25, 0.3) is 0 Å². The van der Waals surface area contributed by atoms with Crippen LogP contribution in [-0.2, 0) is 4.79 Å². The van der Waals surface area contributed by atoms with E-state index in [-0.39, 0.29) is 23.0 Å². The summed E-state index contributed by atoms with van der Waals surface area (Å²) in [6.07, 6.45) is 0.192. The summed E-state index contributed by atoms with van der Waals surface area (Å²) in [7, 11) is 0. The zero-order valence-corrected chi connectivity index (χ0v) is 14.1. The zero-order valence-electron chi connectivity index (χ0n) is 11.8. The average molecular weight is 370 g/mol. The molecule has 3 rings (SSSR count). The number of nitrogens with zero attached hydrogens (tertiary/aromatic N) is 2. The van der Waals surface area contributed by atoms with Crippen molar-refractivity contribution in [2.75, 3.05) is 16.3 Å². The molecule has 0 unspecified atom stereocenters. The summed E-state index contributed by atoms with van der Waals surface area (Å²) in [5, 5.41) is 1.26. The Bertz CT molecular complexity index is 777. The highest BCUT2D eigenvalue weighted by Crippen LogP contribution is 2.33. The third-order valence-electron chi connectivity index (χ3n) is 3.51. The van der Waals surface area contributed by atoms with Crippen molar-refractivity contribution in [2.45, 2.75) is 6.42 Å². The molecule has 2 aromatic carbocycles. The van der Waals surface area contributed by atoms with Crippen LogP contribution in [0.15, 0.2) is 42.5 Å². The minimum atomic E-state index is -0.465. The standard InChI is InChI=1S/C16H11Cl3N2O2/c17-10-1-4-12(5-2-10)20-8-7-15(22)21(16(20)23)14-9-11(18)3-6-13(14)19/h1-6,9H,7-8H2. The van der Waals surface area contributed by atoms with E-state index < -0.39 is 6.03 Å². The SMILES string of the molecule is O=C1CCN(c2ccc(Cl)cc2)C(=O)N1c1cc(Cl)ccc1Cl. The normalized spacial score (nSPS) is 15.3. The van der Waals surface area contributed by atoms with Gasteiger partial charge in [-0.2, -0.15) is 0 Å². The summed E-state index contributed by atoms with van der Waals surface area (Å²) < 4.78 is 0. The third kappa shape index (κ3) is 3.15. The molecule has 0 spiro atoms. The first-order valence-corrected chi connectivity index (χ1v) is 7.96. The molecular formula is C16H11Cl3N2O2. The summed E-state index contributed by atoms with van der Waals surface area (Å²) in [4.78, 5) is 27.6. The summed E-state index contributed by atoms with van der Waals surface area (Å²) in [6, 6.07) is 11.0.